The number of hydrogen-bond donors (Lipinski definition) is 2. The fourth-order valence-corrected chi connectivity index (χ4v) is 2.96. The first-order chi connectivity index (χ1) is 9.63. The minimum absolute atomic E-state index is 0.0343. The maximum atomic E-state index is 12.5. The van der Waals surface area contributed by atoms with Gasteiger partial charge in [-0.3, -0.25) is 9.59 Å². The van der Waals surface area contributed by atoms with Gasteiger partial charge in [-0.25, -0.2) is 0 Å². The average molecular weight is 273 g/mol. The molecule has 20 heavy (non-hydrogen) atoms. The highest BCUT2D eigenvalue weighted by atomic mass is 16.2. The lowest BCUT2D eigenvalue weighted by atomic mass is 10.1. The SMILES string of the molecule is CC(=O)NC1CCN(C(=O)c2ccc3c(c2)CNC3)C1. The Morgan fingerprint density at radius 2 is 2.10 bits per heavy atom. The summed E-state index contributed by atoms with van der Waals surface area (Å²) in [6.07, 6.45) is 0.831. The van der Waals surface area contributed by atoms with Gasteiger partial charge in [0.15, 0.2) is 0 Å². The third kappa shape index (κ3) is 2.54. The average Bonchev–Trinajstić information content (AvgIpc) is 3.04. The molecule has 2 aliphatic rings. The monoisotopic (exact) mass is 273 g/mol. The van der Waals surface area contributed by atoms with Gasteiger partial charge in [0.1, 0.15) is 0 Å². The number of amides is 2. The van der Waals surface area contributed by atoms with Crippen molar-refractivity contribution >= 4 is 11.8 Å². The van der Waals surface area contributed by atoms with Gasteiger partial charge in [0.2, 0.25) is 5.91 Å². The second kappa shape index (κ2) is 5.25. The molecule has 1 fully saturated rings. The number of carbonyl (C=O) groups is 2. The molecule has 1 unspecified atom stereocenters. The summed E-state index contributed by atoms with van der Waals surface area (Å²) in [5.41, 5.74) is 3.24. The number of nitrogens with zero attached hydrogens (tertiary/aromatic N) is 1. The Balaban J connectivity index is 1.69. The van der Waals surface area contributed by atoms with Gasteiger partial charge in [0, 0.05) is 44.7 Å². The van der Waals surface area contributed by atoms with Crippen LogP contribution in [-0.4, -0.2) is 35.8 Å². The van der Waals surface area contributed by atoms with E-state index in [0.29, 0.717) is 13.1 Å². The van der Waals surface area contributed by atoms with E-state index in [4.69, 9.17) is 0 Å². The minimum atomic E-state index is -0.0343. The van der Waals surface area contributed by atoms with Gasteiger partial charge in [-0.2, -0.15) is 0 Å². The van der Waals surface area contributed by atoms with Crippen molar-refractivity contribution < 1.29 is 9.59 Å². The summed E-state index contributed by atoms with van der Waals surface area (Å²) < 4.78 is 0. The highest BCUT2D eigenvalue weighted by Gasteiger charge is 2.27. The fraction of sp³-hybridized carbons (Fsp3) is 0.467. The number of likely N-dealkylation sites (tertiary alicyclic amines) is 1. The summed E-state index contributed by atoms with van der Waals surface area (Å²) in [7, 11) is 0. The van der Waals surface area contributed by atoms with Gasteiger partial charge in [-0.05, 0) is 29.7 Å². The molecular formula is C15H19N3O2. The highest BCUT2D eigenvalue weighted by Crippen LogP contribution is 2.20. The van der Waals surface area contributed by atoms with Crippen LogP contribution in [0.3, 0.4) is 0 Å². The molecule has 1 atom stereocenters. The van der Waals surface area contributed by atoms with Crippen molar-refractivity contribution in [3.8, 4) is 0 Å². The number of rotatable bonds is 2. The summed E-state index contributed by atoms with van der Waals surface area (Å²) >= 11 is 0. The lowest BCUT2D eigenvalue weighted by Crippen LogP contribution is -2.37. The molecule has 106 valence electrons. The van der Waals surface area contributed by atoms with Crippen molar-refractivity contribution in [1.82, 2.24) is 15.5 Å². The highest BCUT2D eigenvalue weighted by molar-refractivity contribution is 5.94. The van der Waals surface area contributed by atoms with Crippen LogP contribution < -0.4 is 10.6 Å². The van der Waals surface area contributed by atoms with Crippen molar-refractivity contribution in [3.05, 3.63) is 34.9 Å². The number of hydrogen-bond acceptors (Lipinski definition) is 3. The smallest absolute Gasteiger partial charge is 0.253 e. The zero-order valence-electron chi connectivity index (χ0n) is 11.6. The molecule has 5 nitrogen and oxygen atoms in total. The van der Waals surface area contributed by atoms with E-state index in [1.165, 1.54) is 18.1 Å². The van der Waals surface area contributed by atoms with Crippen LogP contribution in [0.1, 0.15) is 34.8 Å². The Kier molecular flexibility index (Phi) is 3.44. The quantitative estimate of drug-likeness (QED) is 0.831. The maximum Gasteiger partial charge on any atom is 0.253 e. The summed E-state index contributed by atoms with van der Waals surface area (Å²) in [5, 5.41) is 6.16. The summed E-state index contributed by atoms with van der Waals surface area (Å²) in [6, 6.07) is 6.01. The lowest BCUT2D eigenvalue weighted by Gasteiger charge is -2.17. The van der Waals surface area contributed by atoms with Crippen molar-refractivity contribution in [2.45, 2.75) is 32.5 Å². The van der Waals surface area contributed by atoms with E-state index in [1.807, 2.05) is 23.1 Å². The molecule has 2 heterocycles. The summed E-state index contributed by atoms with van der Waals surface area (Å²) in [6.45, 7) is 4.55. The second-order valence-electron chi connectivity index (χ2n) is 5.52. The number of benzene rings is 1. The molecule has 0 aromatic heterocycles. The molecule has 1 saturated heterocycles. The van der Waals surface area contributed by atoms with E-state index in [2.05, 4.69) is 10.6 Å². The van der Waals surface area contributed by atoms with Gasteiger partial charge in [0.05, 0.1) is 0 Å². The van der Waals surface area contributed by atoms with Gasteiger partial charge in [-0.15, -0.1) is 0 Å². The van der Waals surface area contributed by atoms with Crippen molar-refractivity contribution in [2.24, 2.45) is 0 Å². The summed E-state index contributed by atoms with van der Waals surface area (Å²) in [5.74, 6) is 0.0282. The Bertz CT molecular complexity index is 556. The lowest BCUT2D eigenvalue weighted by molar-refractivity contribution is -0.119. The van der Waals surface area contributed by atoms with Gasteiger partial charge < -0.3 is 15.5 Å². The van der Waals surface area contributed by atoms with Crippen molar-refractivity contribution in [1.29, 1.82) is 0 Å². The third-order valence-corrected chi connectivity index (χ3v) is 3.97. The van der Waals surface area contributed by atoms with Crippen LogP contribution in [0.5, 0.6) is 0 Å². The molecule has 2 N–H and O–H groups in total. The topological polar surface area (TPSA) is 61.4 Å². The van der Waals surface area contributed by atoms with E-state index in [0.717, 1.165) is 25.1 Å². The Morgan fingerprint density at radius 3 is 2.90 bits per heavy atom. The van der Waals surface area contributed by atoms with Crippen molar-refractivity contribution in [2.75, 3.05) is 13.1 Å². The fourth-order valence-electron chi connectivity index (χ4n) is 2.96. The molecule has 2 amide bonds. The van der Waals surface area contributed by atoms with Crippen LogP contribution in [0.25, 0.3) is 0 Å². The first kappa shape index (κ1) is 13.1. The Labute approximate surface area is 118 Å². The Morgan fingerprint density at radius 1 is 1.30 bits per heavy atom. The number of nitrogens with one attached hydrogen (secondary N) is 2. The number of fused-ring (bicyclic) bond motifs is 1. The first-order valence-electron chi connectivity index (χ1n) is 7.02. The van der Waals surface area contributed by atoms with Crippen LogP contribution in [0.2, 0.25) is 0 Å². The normalized spacial score (nSPS) is 20.9. The van der Waals surface area contributed by atoms with E-state index in [9.17, 15) is 9.59 Å². The molecular weight excluding hydrogens is 254 g/mol. The van der Waals surface area contributed by atoms with Gasteiger partial charge in [0.25, 0.3) is 5.91 Å². The molecule has 0 spiro atoms. The van der Waals surface area contributed by atoms with E-state index < -0.39 is 0 Å². The van der Waals surface area contributed by atoms with Crippen LogP contribution in [0.15, 0.2) is 18.2 Å². The molecule has 5 heteroatoms. The van der Waals surface area contributed by atoms with E-state index >= 15 is 0 Å². The third-order valence-electron chi connectivity index (χ3n) is 3.97. The largest absolute Gasteiger partial charge is 0.352 e. The molecule has 1 aromatic rings. The molecule has 0 saturated carbocycles. The van der Waals surface area contributed by atoms with Gasteiger partial charge in [-0.1, -0.05) is 6.07 Å². The molecule has 0 bridgehead atoms. The maximum absolute atomic E-state index is 12.5. The first-order valence-corrected chi connectivity index (χ1v) is 7.02. The van der Waals surface area contributed by atoms with Gasteiger partial charge >= 0.3 is 0 Å². The molecule has 3 rings (SSSR count). The van der Waals surface area contributed by atoms with Crippen LogP contribution in [0, 0.1) is 0 Å². The number of carbonyl (C=O) groups excluding carboxylic acids is 2. The molecule has 1 aromatic carbocycles. The zero-order chi connectivity index (χ0) is 14.1. The Hall–Kier alpha value is -1.88. The van der Waals surface area contributed by atoms with Crippen LogP contribution in [0.4, 0.5) is 0 Å². The molecule has 0 aliphatic carbocycles. The summed E-state index contributed by atoms with van der Waals surface area (Å²) in [4.78, 5) is 25.3. The van der Waals surface area contributed by atoms with E-state index in [1.54, 1.807) is 0 Å². The predicted octanol–water partition coefficient (Wildman–Crippen LogP) is 0.640. The standard InChI is InChI=1S/C15H19N3O2/c1-10(19)17-14-4-5-18(9-14)15(20)11-2-3-12-7-16-8-13(12)6-11/h2-3,6,14,16H,4-5,7-9H2,1H3,(H,17,19). The van der Waals surface area contributed by atoms with Crippen LogP contribution in [-0.2, 0) is 17.9 Å². The molecule has 0 radical (unpaired) electrons. The minimum Gasteiger partial charge on any atom is -0.352 e. The second-order valence-corrected chi connectivity index (χ2v) is 5.52. The van der Waals surface area contributed by atoms with Crippen LogP contribution >= 0.6 is 0 Å². The zero-order valence-corrected chi connectivity index (χ0v) is 11.6. The van der Waals surface area contributed by atoms with Crippen molar-refractivity contribution in [3.63, 3.8) is 0 Å². The molecule has 2 aliphatic heterocycles. The predicted molar refractivity (Wildman–Crippen MR) is 75.1 cm³/mol. The van der Waals surface area contributed by atoms with E-state index in [-0.39, 0.29) is 17.9 Å².